The zero-order valence-electron chi connectivity index (χ0n) is 11.7. The van der Waals surface area contributed by atoms with E-state index in [1.807, 2.05) is 0 Å². The number of ether oxygens (including phenoxy) is 3. The molecule has 4 bridgehead atoms. The number of esters is 2. The fourth-order valence-electron chi connectivity index (χ4n) is 4.22. The number of hydrogen-bond acceptors (Lipinski definition) is 5. The van der Waals surface area contributed by atoms with Crippen molar-refractivity contribution in [2.75, 3.05) is 26.4 Å². The van der Waals surface area contributed by atoms with Crippen LogP contribution >= 0.6 is 0 Å². The molecule has 21 heavy (non-hydrogen) atoms. The summed E-state index contributed by atoms with van der Waals surface area (Å²) in [5.41, 5.74) is 1.57. The van der Waals surface area contributed by atoms with E-state index in [2.05, 4.69) is 12.2 Å². The highest BCUT2D eigenvalue weighted by molar-refractivity contribution is 5.91. The standard InChI is InChI=1S/C16H18O5/c17-15-10-7-11-9-5-13(12(11)8-10)14(6-9)16(18)21-4-2-19-1-3-20-15/h6-7,9,11-13H,1-5,8H2. The number of rotatable bonds is 0. The zero-order valence-corrected chi connectivity index (χ0v) is 11.7. The van der Waals surface area contributed by atoms with Crippen LogP contribution in [0.1, 0.15) is 12.8 Å². The summed E-state index contributed by atoms with van der Waals surface area (Å²) in [6.07, 6.45) is 5.85. The van der Waals surface area contributed by atoms with E-state index < -0.39 is 0 Å². The van der Waals surface area contributed by atoms with Gasteiger partial charge in [-0.2, -0.15) is 0 Å². The smallest absolute Gasteiger partial charge is 0.334 e. The molecule has 1 aliphatic heterocycles. The van der Waals surface area contributed by atoms with Crippen molar-refractivity contribution in [3.63, 3.8) is 0 Å². The second-order valence-electron chi connectivity index (χ2n) is 6.15. The second-order valence-corrected chi connectivity index (χ2v) is 6.15. The monoisotopic (exact) mass is 290 g/mol. The Morgan fingerprint density at radius 3 is 2.52 bits per heavy atom. The molecule has 2 fully saturated rings. The van der Waals surface area contributed by atoms with Crippen molar-refractivity contribution < 1.29 is 23.8 Å². The molecule has 4 rings (SSSR count). The maximum Gasteiger partial charge on any atom is 0.334 e. The molecule has 1 heterocycles. The summed E-state index contributed by atoms with van der Waals surface area (Å²) in [5, 5.41) is 0. The Morgan fingerprint density at radius 1 is 0.952 bits per heavy atom. The Bertz CT molecular complexity index is 547. The van der Waals surface area contributed by atoms with Gasteiger partial charge in [-0.3, -0.25) is 0 Å². The molecule has 4 aliphatic rings. The first-order chi connectivity index (χ1) is 10.2. The summed E-state index contributed by atoms with van der Waals surface area (Å²) in [6.45, 7) is 1.16. The van der Waals surface area contributed by atoms with Gasteiger partial charge in [0.05, 0.1) is 13.2 Å². The van der Waals surface area contributed by atoms with Crippen molar-refractivity contribution in [2.45, 2.75) is 12.8 Å². The van der Waals surface area contributed by atoms with Gasteiger partial charge in [0.15, 0.2) is 0 Å². The van der Waals surface area contributed by atoms with Crippen LogP contribution in [-0.4, -0.2) is 38.4 Å². The Hall–Kier alpha value is -1.62. The Labute approximate surface area is 122 Å². The Balaban J connectivity index is 1.59. The third kappa shape index (κ3) is 2.11. The molecular formula is C16H18O5. The van der Waals surface area contributed by atoms with E-state index in [0.29, 0.717) is 31.0 Å². The summed E-state index contributed by atoms with van der Waals surface area (Å²) < 4.78 is 15.8. The van der Waals surface area contributed by atoms with Crippen molar-refractivity contribution in [3.8, 4) is 0 Å². The van der Waals surface area contributed by atoms with Crippen molar-refractivity contribution in [2.24, 2.45) is 23.7 Å². The molecular weight excluding hydrogens is 272 g/mol. The summed E-state index contributed by atoms with van der Waals surface area (Å²) in [6, 6.07) is 0. The number of fused-ring (bicyclic) bond motifs is 3. The lowest BCUT2D eigenvalue weighted by Gasteiger charge is -2.24. The minimum atomic E-state index is -0.228. The number of carbonyl (C=O) groups excluding carboxylic acids is 2. The van der Waals surface area contributed by atoms with Gasteiger partial charge in [-0.05, 0) is 36.5 Å². The normalized spacial score (nSPS) is 38.7. The van der Waals surface area contributed by atoms with E-state index in [-0.39, 0.29) is 31.1 Å². The fourth-order valence-corrected chi connectivity index (χ4v) is 4.22. The molecule has 0 aromatic carbocycles. The molecule has 0 radical (unpaired) electrons. The Kier molecular flexibility index (Phi) is 3.10. The maximum absolute atomic E-state index is 12.2. The fraction of sp³-hybridized carbons (Fsp3) is 0.625. The molecule has 0 N–H and O–H groups in total. The summed E-state index contributed by atoms with van der Waals surface area (Å²) in [7, 11) is 0. The topological polar surface area (TPSA) is 61.8 Å². The van der Waals surface area contributed by atoms with Crippen LogP contribution in [-0.2, 0) is 23.8 Å². The van der Waals surface area contributed by atoms with E-state index in [4.69, 9.17) is 14.2 Å². The van der Waals surface area contributed by atoms with Gasteiger partial charge in [-0.1, -0.05) is 12.2 Å². The second kappa shape index (κ2) is 4.98. The minimum Gasteiger partial charge on any atom is -0.460 e. The largest absolute Gasteiger partial charge is 0.460 e. The van der Waals surface area contributed by atoms with Gasteiger partial charge >= 0.3 is 11.9 Å². The number of hydrogen-bond donors (Lipinski definition) is 0. The van der Waals surface area contributed by atoms with Crippen LogP contribution in [0.3, 0.4) is 0 Å². The Morgan fingerprint density at radius 2 is 1.71 bits per heavy atom. The van der Waals surface area contributed by atoms with Gasteiger partial charge in [0.1, 0.15) is 13.2 Å². The summed E-state index contributed by atoms with van der Waals surface area (Å²) >= 11 is 0. The minimum absolute atomic E-state index is 0.211. The van der Waals surface area contributed by atoms with Gasteiger partial charge in [0.25, 0.3) is 0 Å². The van der Waals surface area contributed by atoms with E-state index in [1.165, 1.54) is 0 Å². The highest BCUT2D eigenvalue weighted by atomic mass is 16.6. The quantitative estimate of drug-likeness (QED) is 0.628. The van der Waals surface area contributed by atoms with Gasteiger partial charge in [-0.25, -0.2) is 9.59 Å². The average Bonchev–Trinajstić information content (AvgIpc) is 3.14. The molecule has 0 spiro atoms. The molecule has 4 atom stereocenters. The first-order valence-corrected chi connectivity index (χ1v) is 7.58. The van der Waals surface area contributed by atoms with Crippen molar-refractivity contribution in [3.05, 3.63) is 23.3 Å². The SMILES string of the molecule is O=C1OCCOCCOC(=O)C2=CC3CC2C2CC1=CC32. The summed E-state index contributed by atoms with van der Waals surface area (Å²) in [4.78, 5) is 24.2. The van der Waals surface area contributed by atoms with Crippen molar-refractivity contribution in [1.82, 2.24) is 0 Å². The first-order valence-electron chi connectivity index (χ1n) is 7.58. The lowest BCUT2D eigenvalue weighted by atomic mass is 9.81. The first kappa shape index (κ1) is 13.1. The highest BCUT2D eigenvalue weighted by Gasteiger charge is 2.52. The van der Waals surface area contributed by atoms with E-state index in [9.17, 15) is 9.59 Å². The molecule has 0 aromatic rings. The van der Waals surface area contributed by atoms with E-state index in [1.54, 1.807) is 0 Å². The van der Waals surface area contributed by atoms with Crippen LogP contribution in [0.25, 0.3) is 0 Å². The van der Waals surface area contributed by atoms with Crippen LogP contribution in [0.2, 0.25) is 0 Å². The molecule has 5 nitrogen and oxygen atoms in total. The van der Waals surface area contributed by atoms with Crippen molar-refractivity contribution in [1.29, 1.82) is 0 Å². The lowest BCUT2D eigenvalue weighted by molar-refractivity contribution is -0.143. The van der Waals surface area contributed by atoms with Crippen LogP contribution in [0.15, 0.2) is 23.3 Å². The van der Waals surface area contributed by atoms with Gasteiger partial charge < -0.3 is 14.2 Å². The lowest BCUT2D eigenvalue weighted by Crippen LogP contribution is -2.24. The maximum atomic E-state index is 12.2. The predicted octanol–water partition coefficient (Wildman–Crippen LogP) is 1.24. The number of allylic oxidation sites excluding steroid dienone is 2. The molecule has 3 aliphatic carbocycles. The third-order valence-electron chi connectivity index (χ3n) is 5.09. The van der Waals surface area contributed by atoms with Gasteiger partial charge in [0.2, 0.25) is 0 Å². The molecule has 1 saturated heterocycles. The summed E-state index contributed by atoms with van der Waals surface area (Å²) in [5.74, 6) is 0.915. The van der Waals surface area contributed by atoms with Gasteiger partial charge in [0, 0.05) is 11.1 Å². The molecule has 0 amide bonds. The number of cyclic esters (lactones) is 2. The van der Waals surface area contributed by atoms with Crippen LogP contribution in [0.5, 0.6) is 0 Å². The van der Waals surface area contributed by atoms with E-state index in [0.717, 1.165) is 24.0 Å². The van der Waals surface area contributed by atoms with Crippen molar-refractivity contribution >= 4 is 11.9 Å². The van der Waals surface area contributed by atoms with Crippen LogP contribution < -0.4 is 0 Å². The predicted molar refractivity (Wildman–Crippen MR) is 72.1 cm³/mol. The molecule has 112 valence electrons. The highest BCUT2D eigenvalue weighted by Crippen LogP contribution is 2.57. The van der Waals surface area contributed by atoms with Crippen LogP contribution in [0, 0.1) is 23.7 Å². The molecule has 4 unspecified atom stereocenters. The van der Waals surface area contributed by atoms with Crippen LogP contribution in [0.4, 0.5) is 0 Å². The number of carbonyl (C=O) groups is 2. The van der Waals surface area contributed by atoms with Gasteiger partial charge in [-0.15, -0.1) is 0 Å². The average molecular weight is 290 g/mol. The van der Waals surface area contributed by atoms with E-state index >= 15 is 0 Å². The molecule has 1 saturated carbocycles. The molecule has 0 aromatic heterocycles. The molecule has 5 heteroatoms. The third-order valence-corrected chi connectivity index (χ3v) is 5.09. The zero-order chi connectivity index (χ0) is 14.4.